The number of hydrogen-bond donors (Lipinski definition) is 2. The van der Waals surface area contributed by atoms with Crippen LogP contribution in [0.15, 0.2) is 53.2 Å². The van der Waals surface area contributed by atoms with Gasteiger partial charge in [-0.1, -0.05) is 35.7 Å². The fraction of sp³-hybridized carbons (Fsp3) is 0.111. The van der Waals surface area contributed by atoms with Crippen molar-refractivity contribution in [3.05, 3.63) is 59.7 Å². The van der Waals surface area contributed by atoms with E-state index < -0.39 is 11.2 Å². The van der Waals surface area contributed by atoms with Crippen LogP contribution < -0.4 is 5.32 Å². The normalized spacial score (nSPS) is 17.6. The highest BCUT2D eigenvalue weighted by Crippen LogP contribution is 2.22. The maximum Gasteiger partial charge on any atom is 0.305 e. The Labute approximate surface area is 158 Å². The van der Waals surface area contributed by atoms with Gasteiger partial charge in [-0.2, -0.15) is 5.10 Å². The molecule has 1 aromatic carbocycles. The summed E-state index contributed by atoms with van der Waals surface area (Å²) in [5.74, 6) is 4.58. The van der Waals surface area contributed by atoms with E-state index >= 15 is 0 Å². The van der Waals surface area contributed by atoms with Gasteiger partial charge in [0.15, 0.2) is 5.17 Å². The third-order valence-corrected chi connectivity index (χ3v) is 4.39. The predicted molar refractivity (Wildman–Crippen MR) is 101 cm³/mol. The number of aliphatic carboxylic acids is 1. The number of benzene rings is 1. The van der Waals surface area contributed by atoms with Crippen LogP contribution in [0.1, 0.15) is 23.1 Å². The lowest BCUT2D eigenvalue weighted by molar-refractivity contribution is -0.138. The molecule has 2 N–H and O–H groups in total. The summed E-state index contributed by atoms with van der Waals surface area (Å²) in [6, 6.07) is 7.37. The first-order valence-corrected chi connectivity index (χ1v) is 8.65. The third kappa shape index (κ3) is 5.49. The molecule has 1 aliphatic rings. The Bertz CT molecular complexity index is 962. The molecule has 1 amide bonds. The zero-order chi connectivity index (χ0) is 19.1. The summed E-state index contributed by atoms with van der Waals surface area (Å²) >= 11 is 1.06. The van der Waals surface area contributed by atoms with E-state index in [2.05, 4.69) is 37.3 Å². The smallest absolute Gasteiger partial charge is 0.305 e. The Morgan fingerprint density at radius 3 is 2.63 bits per heavy atom. The number of nitrogens with one attached hydrogen (secondary N) is 1. The van der Waals surface area contributed by atoms with Crippen molar-refractivity contribution < 1.29 is 14.7 Å². The second-order valence-corrected chi connectivity index (χ2v) is 6.53. The number of carbonyl (C=O) groups excluding carboxylic acids is 1. The second-order valence-electron chi connectivity index (χ2n) is 5.34. The molecule has 2 aromatic rings. The zero-order valence-corrected chi connectivity index (χ0v) is 14.7. The molecule has 1 aromatic heterocycles. The molecule has 1 aliphatic heterocycles. The molecule has 2 heterocycles. The van der Waals surface area contributed by atoms with Gasteiger partial charge in [0, 0.05) is 18.0 Å². The number of carbonyl (C=O) groups is 2. The van der Waals surface area contributed by atoms with Gasteiger partial charge in [-0.25, -0.2) is 9.97 Å². The third-order valence-electron chi connectivity index (χ3n) is 3.31. The van der Waals surface area contributed by atoms with Crippen LogP contribution in [0.3, 0.4) is 0 Å². The van der Waals surface area contributed by atoms with Crippen LogP contribution in [0, 0.1) is 11.8 Å². The van der Waals surface area contributed by atoms with Crippen LogP contribution in [-0.4, -0.2) is 43.6 Å². The number of nitrogens with zero attached hydrogens (tertiary/aromatic N) is 4. The molecule has 0 radical (unpaired) electrons. The molecule has 1 unspecified atom stereocenters. The topological polar surface area (TPSA) is 117 Å². The zero-order valence-electron chi connectivity index (χ0n) is 13.9. The van der Waals surface area contributed by atoms with E-state index in [1.165, 1.54) is 12.5 Å². The fourth-order valence-electron chi connectivity index (χ4n) is 2.05. The summed E-state index contributed by atoms with van der Waals surface area (Å²) in [7, 11) is 0. The van der Waals surface area contributed by atoms with Gasteiger partial charge in [0.25, 0.3) is 0 Å². The molecule has 8 nitrogen and oxygen atoms in total. The first kappa shape index (κ1) is 18.3. The monoisotopic (exact) mass is 379 g/mol. The lowest BCUT2D eigenvalue weighted by Gasteiger charge is -1.97. The molecule has 1 fully saturated rings. The number of hydrogen-bond acceptors (Lipinski definition) is 7. The highest BCUT2D eigenvalue weighted by atomic mass is 32.2. The van der Waals surface area contributed by atoms with Crippen molar-refractivity contribution in [3.63, 3.8) is 0 Å². The van der Waals surface area contributed by atoms with E-state index in [1.807, 2.05) is 24.3 Å². The van der Waals surface area contributed by atoms with Gasteiger partial charge in [0.2, 0.25) is 5.91 Å². The minimum Gasteiger partial charge on any atom is -0.481 e. The first-order chi connectivity index (χ1) is 13.1. The SMILES string of the molecule is O=C(O)CC1SC(=NN=Cc2ccc(C#Cc3cncnc3)cc2)NC1=O. The van der Waals surface area contributed by atoms with Crippen molar-refractivity contribution in [1.29, 1.82) is 0 Å². The summed E-state index contributed by atoms with van der Waals surface area (Å²) < 4.78 is 0. The molecule has 0 saturated carbocycles. The average Bonchev–Trinajstić information content (AvgIpc) is 3.00. The van der Waals surface area contributed by atoms with Crippen molar-refractivity contribution in [2.45, 2.75) is 11.7 Å². The van der Waals surface area contributed by atoms with E-state index in [0.717, 1.165) is 28.5 Å². The van der Waals surface area contributed by atoms with E-state index in [9.17, 15) is 9.59 Å². The lowest BCUT2D eigenvalue weighted by atomic mass is 10.1. The number of rotatable bonds is 4. The molecule has 1 atom stereocenters. The van der Waals surface area contributed by atoms with E-state index in [1.54, 1.807) is 12.4 Å². The van der Waals surface area contributed by atoms with Crippen molar-refractivity contribution in [1.82, 2.24) is 15.3 Å². The molecule has 134 valence electrons. The summed E-state index contributed by atoms with van der Waals surface area (Å²) in [5, 5.41) is 18.7. The van der Waals surface area contributed by atoms with Gasteiger partial charge >= 0.3 is 5.97 Å². The quantitative estimate of drug-likeness (QED) is 0.469. The summed E-state index contributed by atoms with van der Waals surface area (Å²) in [4.78, 5) is 30.1. The molecule has 9 heteroatoms. The van der Waals surface area contributed by atoms with Crippen LogP contribution in [0.25, 0.3) is 0 Å². The lowest BCUT2D eigenvalue weighted by Crippen LogP contribution is -2.26. The van der Waals surface area contributed by atoms with E-state index in [-0.39, 0.29) is 17.5 Å². The van der Waals surface area contributed by atoms with Crippen LogP contribution in [0.4, 0.5) is 0 Å². The van der Waals surface area contributed by atoms with Crippen molar-refractivity contribution in [3.8, 4) is 11.8 Å². The van der Waals surface area contributed by atoms with Crippen LogP contribution >= 0.6 is 11.8 Å². The Morgan fingerprint density at radius 2 is 1.93 bits per heavy atom. The average molecular weight is 379 g/mol. The number of carboxylic acids is 1. The van der Waals surface area contributed by atoms with Crippen LogP contribution in [-0.2, 0) is 9.59 Å². The standard InChI is InChI=1S/C18H13N5O3S/c24-16(25)7-15-17(26)22-18(27-15)23-21-10-13-4-1-12(2-5-13)3-6-14-8-19-11-20-9-14/h1-2,4-5,8-11,15H,7H2,(H,24,25)(H,22,23,26). The van der Waals surface area contributed by atoms with Gasteiger partial charge in [-0.15, -0.1) is 5.10 Å². The Hall–Kier alpha value is -3.51. The first-order valence-electron chi connectivity index (χ1n) is 7.77. The van der Waals surface area contributed by atoms with Gasteiger partial charge in [-0.3, -0.25) is 9.59 Å². The summed E-state index contributed by atoms with van der Waals surface area (Å²) in [6.07, 6.45) is 6.01. The highest BCUT2D eigenvalue weighted by Gasteiger charge is 2.32. The predicted octanol–water partition coefficient (Wildman–Crippen LogP) is 1.27. The number of aromatic nitrogens is 2. The van der Waals surface area contributed by atoms with E-state index in [0.29, 0.717) is 0 Å². The number of amidine groups is 1. The van der Waals surface area contributed by atoms with Gasteiger partial charge in [0.05, 0.1) is 18.2 Å². The van der Waals surface area contributed by atoms with Crippen LogP contribution in [0.2, 0.25) is 0 Å². The minimum absolute atomic E-state index is 0.253. The summed E-state index contributed by atoms with van der Waals surface area (Å²) in [5.41, 5.74) is 2.37. The number of thioether (sulfide) groups is 1. The molecule has 27 heavy (non-hydrogen) atoms. The van der Waals surface area contributed by atoms with Crippen LogP contribution in [0.5, 0.6) is 0 Å². The van der Waals surface area contributed by atoms with Crippen molar-refractivity contribution in [2.24, 2.45) is 10.2 Å². The highest BCUT2D eigenvalue weighted by molar-refractivity contribution is 8.15. The fourth-order valence-corrected chi connectivity index (χ4v) is 2.97. The Balaban J connectivity index is 1.59. The molecule has 0 spiro atoms. The number of amides is 1. The van der Waals surface area contributed by atoms with Crippen molar-refractivity contribution >= 4 is 35.0 Å². The van der Waals surface area contributed by atoms with Gasteiger partial charge < -0.3 is 10.4 Å². The second kappa shape index (κ2) is 8.73. The maximum atomic E-state index is 11.6. The number of carboxylic acid groups (broad SMARTS) is 1. The Morgan fingerprint density at radius 1 is 1.22 bits per heavy atom. The van der Waals surface area contributed by atoms with Gasteiger partial charge in [0.1, 0.15) is 11.6 Å². The van der Waals surface area contributed by atoms with Gasteiger partial charge in [-0.05, 0) is 17.7 Å². The Kier molecular flexibility index (Phi) is 5.91. The van der Waals surface area contributed by atoms with Crippen molar-refractivity contribution in [2.75, 3.05) is 0 Å². The molecular weight excluding hydrogens is 366 g/mol. The summed E-state index contributed by atoms with van der Waals surface area (Å²) in [6.45, 7) is 0. The molecular formula is C18H13N5O3S. The maximum absolute atomic E-state index is 11.6. The molecule has 0 bridgehead atoms. The largest absolute Gasteiger partial charge is 0.481 e. The minimum atomic E-state index is -1.03. The molecule has 0 aliphatic carbocycles. The molecule has 1 saturated heterocycles. The molecule has 3 rings (SSSR count). The van der Waals surface area contributed by atoms with E-state index in [4.69, 9.17) is 5.11 Å².